The molecule has 4 rings (SSSR count). The number of benzene rings is 3. The molecule has 110 valence electrons. The quantitative estimate of drug-likeness (QED) is 0.502. The summed E-state index contributed by atoms with van der Waals surface area (Å²) < 4.78 is 11.8. The molecular weight excluding hydrogens is 271 g/mol. The fourth-order valence-corrected chi connectivity index (χ4v) is 3.06. The number of hydrogen-bond donors (Lipinski definition) is 0. The Morgan fingerprint density at radius 1 is 0.818 bits per heavy atom. The van der Waals surface area contributed by atoms with Crippen LogP contribution in [0.3, 0.4) is 0 Å². The molecule has 0 atom stereocenters. The lowest BCUT2D eigenvalue weighted by molar-refractivity contribution is 0.0343. The van der Waals surface area contributed by atoms with Crippen molar-refractivity contribution in [3.05, 3.63) is 54.6 Å². The summed E-state index contributed by atoms with van der Waals surface area (Å²) in [5.74, 6) is 0. The lowest BCUT2D eigenvalue weighted by atomic mass is 9.75. The molecule has 1 saturated heterocycles. The summed E-state index contributed by atoms with van der Waals surface area (Å²) in [7, 11) is -0.246. The van der Waals surface area contributed by atoms with E-state index in [1.807, 2.05) is 0 Å². The van der Waals surface area contributed by atoms with Crippen LogP contribution in [0.25, 0.3) is 21.5 Å². The zero-order chi connectivity index (χ0) is 15.2. The van der Waals surface area contributed by atoms with Crippen LogP contribution >= 0.6 is 0 Å². The average Bonchev–Trinajstić information content (AvgIpc) is 2.54. The summed E-state index contributed by atoms with van der Waals surface area (Å²) in [6, 6.07) is 19.3. The van der Waals surface area contributed by atoms with E-state index in [0.29, 0.717) is 0 Å². The van der Waals surface area contributed by atoms with Crippen LogP contribution in [0.1, 0.15) is 13.8 Å². The smallest absolute Gasteiger partial charge is 0.407 e. The molecule has 3 heteroatoms. The van der Waals surface area contributed by atoms with E-state index in [0.717, 1.165) is 18.7 Å². The van der Waals surface area contributed by atoms with Crippen molar-refractivity contribution in [2.75, 3.05) is 13.2 Å². The number of fused-ring (bicyclic) bond motifs is 3. The zero-order valence-corrected chi connectivity index (χ0v) is 13.0. The maximum Gasteiger partial charge on any atom is 0.493 e. The van der Waals surface area contributed by atoms with E-state index in [1.165, 1.54) is 21.5 Å². The first-order valence-electron chi connectivity index (χ1n) is 7.77. The molecule has 0 N–H and O–H groups in total. The molecule has 1 fully saturated rings. The summed E-state index contributed by atoms with van der Waals surface area (Å²) in [6.07, 6.45) is 0. The highest BCUT2D eigenvalue weighted by atomic mass is 16.6. The van der Waals surface area contributed by atoms with Crippen molar-refractivity contribution in [2.24, 2.45) is 5.41 Å². The van der Waals surface area contributed by atoms with Gasteiger partial charge in [0.15, 0.2) is 0 Å². The summed E-state index contributed by atoms with van der Waals surface area (Å²) in [5, 5.41) is 5.07. The van der Waals surface area contributed by atoms with E-state index in [4.69, 9.17) is 9.31 Å². The number of hydrogen-bond acceptors (Lipinski definition) is 2. The minimum atomic E-state index is -0.246. The Balaban J connectivity index is 1.74. The molecule has 22 heavy (non-hydrogen) atoms. The van der Waals surface area contributed by atoms with Crippen molar-refractivity contribution in [3.8, 4) is 0 Å². The lowest BCUT2D eigenvalue weighted by Gasteiger charge is -2.33. The van der Waals surface area contributed by atoms with Gasteiger partial charge in [-0.3, -0.25) is 0 Å². The van der Waals surface area contributed by atoms with Crippen LogP contribution in [-0.4, -0.2) is 20.3 Å². The molecule has 0 spiro atoms. The fourth-order valence-electron chi connectivity index (χ4n) is 3.06. The van der Waals surface area contributed by atoms with Crippen LogP contribution in [0.4, 0.5) is 0 Å². The second-order valence-electron chi connectivity index (χ2n) is 6.89. The molecule has 0 unspecified atom stereocenters. The van der Waals surface area contributed by atoms with Gasteiger partial charge in [-0.2, -0.15) is 0 Å². The van der Waals surface area contributed by atoms with Gasteiger partial charge in [-0.05, 0) is 27.0 Å². The van der Waals surface area contributed by atoms with Crippen molar-refractivity contribution in [1.29, 1.82) is 0 Å². The molecule has 1 aliphatic heterocycles. The van der Waals surface area contributed by atoms with E-state index in [1.54, 1.807) is 0 Å². The highest BCUT2D eigenvalue weighted by molar-refractivity contribution is 6.61. The van der Waals surface area contributed by atoms with Crippen LogP contribution in [0.15, 0.2) is 54.6 Å². The predicted octanol–water partition coefficient (Wildman–Crippen LogP) is 3.76. The van der Waals surface area contributed by atoms with Crippen molar-refractivity contribution >= 4 is 34.1 Å². The first-order chi connectivity index (χ1) is 10.6. The Hall–Kier alpha value is -1.84. The van der Waals surface area contributed by atoms with Crippen LogP contribution in [-0.2, 0) is 9.31 Å². The topological polar surface area (TPSA) is 18.5 Å². The fraction of sp³-hybridized carbons (Fsp3) is 0.263. The van der Waals surface area contributed by atoms with Crippen LogP contribution in [0, 0.1) is 5.41 Å². The number of rotatable bonds is 1. The van der Waals surface area contributed by atoms with Crippen molar-refractivity contribution in [3.63, 3.8) is 0 Å². The maximum atomic E-state index is 5.89. The summed E-state index contributed by atoms with van der Waals surface area (Å²) in [6.45, 7) is 5.78. The predicted molar refractivity (Wildman–Crippen MR) is 92.5 cm³/mol. The summed E-state index contributed by atoms with van der Waals surface area (Å²) >= 11 is 0. The van der Waals surface area contributed by atoms with Gasteiger partial charge in [0.1, 0.15) is 0 Å². The van der Waals surface area contributed by atoms with Gasteiger partial charge < -0.3 is 9.31 Å². The van der Waals surface area contributed by atoms with E-state index in [-0.39, 0.29) is 12.5 Å². The van der Waals surface area contributed by atoms with Gasteiger partial charge in [-0.1, -0.05) is 68.4 Å². The first-order valence-corrected chi connectivity index (χ1v) is 7.77. The highest BCUT2D eigenvalue weighted by Gasteiger charge is 2.33. The van der Waals surface area contributed by atoms with Gasteiger partial charge in [-0.15, -0.1) is 0 Å². The highest BCUT2D eigenvalue weighted by Crippen LogP contribution is 2.26. The van der Waals surface area contributed by atoms with Gasteiger partial charge in [0.05, 0.1) is 0 Å². The van der Waals surface area contributed by atoms with Crippen molar-refractivity contribution in [2.45, 2.75) is 13.8 Å². The summed E-state index contributed by atoms with van der Waals surface area (Å²) in [4.78, 5) is 0. The second kappa shape index (κ2) is 5.11. The van der Waals surface area contributed by atoms with Gasteiger partial charge in [0, 0.05) is 18.6 Å². The van der Waals surface area contributed by atoms with Crippen LogP contribution in [0.5, 0.6) is 0 Å². The normalized spacial score (nSPS) is 18.0. The molecule has 0 bridgehead atoms. The molecule has 3 aromatic carbocycles. The Morgan fingerprint density at radius 3 is 2.32 bits per heavy atom. The molecule has 0 saturated carbocycles. The third-order valence-corrected chi connectivity index (χ3v) is 4.29. The minimum Gasteiger partial charge on any atom is -0.407 e. The Morgan fingerprint density at radius 2 is 1.50 bits per heavy atom. The Labute approximate surface area is 131 Å². The van der Waals surface area contributed by atoms with Gasteiger partial charge in [-0.25, -0.2) is 0 Å². The maximum absolute atomic E-state index is 5.89. The van der Waals surface area contributed by atoms with Gasteiger partial charge in [0.2, 0.25) is 0 Å². The molecule has 0 radical (unpaired) electrons. The van der Waals surface area contributed by atoms with Crippen LogP contribution < -0.4 is 5.46 Å². The molecule has 0 aromatic heterocycles. The minimum absolute atomic E-state index is 0.101. The van der Waals surface area contributed by atoms with Gasteiger partial charge >= 0.3 is 7.12 Å². The molecule has 2 nitrogen and oxygen atoms in total. The summed E-state index contributed by atoms with van der Waals surface area (Å²) in [5.41, 5.74) is 1.20. The molecular formula is C19H19BO2. The van der Waals surface area contributed by atoms with E-state index >= 15 is 0 Å². The second-order valence-corrected chi connectivity index (χ2v) is 6.89. The SMILES string of the molecule is CC1(C)COB(c2ccc3c(ccc4ccccc43)c2)OC1. The Kier molecular flexibility index (Phi) is 3.21. The molecule has 0 amide bonds. The molecule has 0 aliphatic carbocycles. The zero-order valence-electron chi connectivity index (χ0n) is 13.0. The monoisotopic (exact) mass is 290 g/mol. The molecule has 1 aliphatic rings. The lowest BCUT2D eigenvalue weighted by Crippen LogP contribution is -2.47. The third kappa shape index (κ3) is 2.41. The molecule has 3 aromatic rings. The largest absolute Gasteiger partial charge is 0.493 e. The van der Waals surface area contributed by atoms with E-state index in [2.05, 4.69) is 68.4 Å². The van der Waals surface area contributed by atoms with Crippen molar-refractivity contribution < 1.29 is 9.31 Å². The van der Waals surface area contributed by atoms with Crippen LogP contribution in [0.2, 0.25) is 0 Å². The van der Waals surface area contributed by atoms with Gasteiger partial charge in [0.25, 0.3) is 0 Å². The van der Waals surface area contributed by atoms with E-state index in [9.17, 15) is 0 Å². The Bertz CT molecular complexity index is 831. The average molecular weight is 290 g/mol. The van der Waals surface area contributed by atoms with Crippen molar-refractivity contribution in [1.82, 2.24) is 0 Å². The third-order valence-electron chi connectivity index (χ3n) is 4.29. The standard InChI is InChI=1S/C19H19BO2/c1-19(2)12-21-20(22-13-19)16-9-10-18-15(11-16)8-7-14-5-3-4-6-17(14)18/h3-11H,12-13H2,1-2H3. The first kappa shape index (κ1) is 13.8. The molecule has 1 heterocycles. The van der Waals surface area contributed by atoms with E-state index < -0.39 is 0 Å².